The summed E-state index contributed by atoms with van der Waals surface area (Å²) in [6.07, 6.45) is 2.10. The van der Waals surface area contributed by atoms with Gasteiger partial charge in [0.2, 0.25) is 0 Å². The summed E-state index contributed by atoms with van der Waals surface area (Å²) in [6.45, 7) is 1.27. The van der Waals surface area contributed by atoms with Crippen LogP contribution in [0.5, 0.6) is 11.5 Å². The van der Waals surface area contributed by atoms with Crippen LogP contribution in [0.2, 0.25) is 0 Å². The van der Waals surface area contributed by atoms with Gasteiger partial charge < -0.3 is 19.5 Å². The molecule has 1 fully saturated rings. The Balaban J connectivity index is 1.54. The maximum Gasteiger partial charge on any atom is 0.251 e. The molecular weight excluding hydrogens is 442 g/mol. The van der Waals surface area contributed by atoms with E-state index in [1.54, 1.807) is 26.4 Å². The maximum atomic E-state index is 12.8. The highest BCUT2D eigenvalue weighted by Crippen LogP contribution is 2.33. The van der Waals surface area contributed by atoms with Crippen molar-refractivity contribution in [1.82, 2.24) is 15.3 Å². The molecule has 0 aliphatic carbocycles. The Bertz CT molecular complexity index is 1330. The van der Waals surface area contributed by atoms with Crippen LogP contribution < -0.4 is 14.8 Å². The smallest absolute Gasteiger partial charge is 0.251 e. The first kappa shape index (κ1) is 22.8. The van der Waals surface area contributed by atoms with Gasteiger partial charge in [0.25, 0.3) is 5.91 Å². The lowest BCUT2D eigenvalue weighted by Gasteiger charge is -2.13. The maximum absolute atomic E-state index is 12.8. The minimum atomic E-state index is -0.144. The normalized spacial score (nSPS) is 15.2. The van der Waals surface area contributed by atoms with Gasteiger partial charge in [0.15, 0.2) is 0 Å². The quantitative estimate of drug-likeness (QED) is 0.415. The molecule has 1 aromatic heterocycles. The van der Waals surface area contributed by atoms with Gasteiger partial charge in [-0.1, -0.05) is 0 Å². The molecule has 0 radical (unpaired) electrons. The molecule has 0 spiro atoms. The van der Waals surface area contributed by atoms with Gasteiger partial charge in [-0.15, -0.1) is 0 Å². The first-order valence-corrected chi connectivity index (χ1v) is 11.6. The van der Waals surface area contributed by atoms with Crippen LogP contribution in [-0.2, 0) is 4.74 Å². The Morgan fingerprint density at radius 2 is 1.49 bits per heavy atom. The van der Waals surface area contributed by atoms with Crippen LogP contribution in [0, 0.1) is 0 Å². The summed E-state index contributed by atoms with van der Waals surface area (Å²) in [4.78, 5) is 22.7. The van der Waals surface area contributed by atoms with E-state index >= 15 is 0 Å². The van der Waals surface area contributed by atoms with E-state index in [9.17, 15) is 4.79 Å². The third-order valence-corrected chi connectivity index (χ3v) is 6.17. The van der Waals surface area contributed by atoms with E-state index in [0.29, 0.717) is 23.1 Å². The summed E-state index contributed by atoms with van der Waals surface area (Å²) in [5.74, 6) is 1.39. The van der Waals surface area contributed by atoms with Crippen molar-refractivity contribution in [3.8, 4) is 34.0 Å². The first-order valence-electron chi connectivity index (χ1n) is 11.6. The fraction of sp³-hybridized carbons (Fsp3) is 0.250. The van der Waals surface area contributed by atoms with Gasteiger partial charge in [0.1, 0.15) is 11.5 Å². The van der Waals surface area contributed by atoms with E-state index in [1.807, 2.05) is 54.6 Å². The van der Waals surface area contributed by atoms with Crippen molar-refractivity contribution >= 4 is 16.9 Å². The lowest BCUT2D eigenvalue weighted by atomic mass is 10.0. The predicted octanol–water partition coefficient (Wildman–Crippen LogP) is 4.89. The molecule has 4 aromatic rings. The zero-order valence-electron chi connectivity index (χ0n) is 19.8. The SMILES string of the molecule is COc1ccc(-c2nc3ccc(C(=O)NCC4CCCO4)cc3nc2-c2ccc(OC)cc2)cc1. The van der Waals surface area contributed by atoms with Crippen molar-refractivity contribution in [3.05, 3.63) is 72.3 Å². The molecule has 5 rings (SSSR count). The number of hydrogen-bond acceptors (Lipinski definition) is 6. The number of benzene rings is 3. The van der Waals surface area contributed by atoms with Crippen LogP contribution in [0.25, 0.3) is 33.5 Å². The summed E-state index contributed by atoms with van der Waals surface area (Å²) >= 11 is 0. The molecule has 1 N–H and O–H groups in total. The van der Waals surface area contributed by atoms with E-state index in [0.717, 1.165) is 53.5 Å². The van der Waals surface area contributed by atoms with Crippen molar-refractivity contribution < 1.29 is 19.0 Å². The Morgan fingerprint density at radius 1 is 0.886 bits per heavy atom. The molecule has 1 atom stereocenters. The van der Waals surface area contributed by atoms with Crippen LogP contribution in [-0.4, -0.2) is 49.4 Å². The molecule has 1 amide bonds. The van der Waals surface area contributed by atoms with Crippen molar-refractivity contribution in [3.63, 3.8) is 0 Å². The number of fused-ring (bicyclic) bond motifs is 1. The lowest BCUT2D eigenvalue weighted by molar-refractivity contribution is 0.0858. The van der Waals surface area contributed by atoms with Gasteiger partial charge in [0, 0.05) is 29.8 Å². The molecule has 3 aromatic carbocycles. The van der Waals surface area contributed by atoms with Crippen LogP contribution in [0.15, 0.2) is 66.7 Å². The van der Waals surface area contributed by atoms with E-state index in [2.05, 4.69) is 5.32 Å². The number of hydrogen-bond donors (Lipinski definition) is 1. The number of nitrogens with one attached hydrogen (secondary N) is 1. The van der Waals surface area contributed by atoms with E-state index in [-0.39, 0.29) is 12.0 Å². The molecule has 7 heteroatoms. The fourth-order valence-electron chi connectivity index (χ4n) is 4.21. The third-order valence-electron chi connectivity index (χ3n) is 6.17. The molecule has 2 heterocycles. The monoisotopic (exact) mass is 469 g/mol. The molecule has 178 valence electrons. The first-order chi connectivity index (χ1) is 17.1. The number of carbonyl (C=O) groups excluding carboxylic acids is 1. The second-order valence-corrected chi connectivity index (χ2v) is 8.43. The Kier molecular flexibility index (Phi) is 6.59. The van der Waals surface area contributed by atoms with Crippen molar-refractivity contribution in [2.45, 2.75) is 18.9 Å². The summed E-state index contributed by atoms with van der Waals surface area (Å²) in [7, 11) is 3.28. The minimum Gasteiger partial charge on any atom is -0.497 e. The Hall–Kier alpha value is -3.97. The average molecular weight is 470 g/mol. The molecule has 1 aliphatic heterocycles. The topological polar surface area (TPSA) is 82.6 Å². The Labute approximate surface area is 204 Å². The van der Waals surface area contributed by atoms with Gasteiger partial charge in [-0.3, -0.25) is 4.79 Å². The van der Waals surface area contributed by atoms with Crippen LogP contribution in [0.4, 0.5) is 0 Å². The summed E-state index contributed by atoms with van der Waals surface area (Å²) in [5.41, 5.74) is 5.20. The number of carbonyl (C=O) groups is 1. The van der Waals surface area contributed by atoms with Crippen LogP contribution in [0.1, 0.15) is 23.2 Å². The minimum absolute atomic E-state index is 0.0907. The van der Waals surface area contributed by atoms with Crippen molar-refractivity contribution in [1.29, 1.82) is 0 Å². The number of aromatic nitrogens is 2. The van der Waals surface area contributed by atoms with Gasteiger partial charge in [-0.05, 0) is 79.6 Å². The summed E-state index contributed by atoms with van der Waals surface area (Å²) in [5, 5.41) is 2.97. The standard InChI is InChI=1S/C28H27N3O4/c1-33-21-10-5-18(6-11-21)26-27(19-7-12-22(34-2)13-8-19)31-25-16-20(9-14-24(25)30-26)28(32)29-17-23-4-3-15-35-23/h5-14,16,23H,3-4,15,17H2,1-2H3,(H,29,32). The van der Waals surface area contributed by atoms with Crippen LogP contribution >= 0.6 is 0 Å². The predicted molar refractivity (Wildman–Crippen MR) is 135 cm³/mol. The summed E-state index contributed by atoms with van der Waals surface area (Å²) < 4.78 is 16.2. The van der Waals surface area contributed by atoms with Gasteiger partial charge >= 0.3 is 0 Å². The molecule has 7 nitrogen and oxygen atoms in total. The highest BCUT2D eigenvalue weighted by atomic mass is 16.5. The molecule has 1 aliphatic rings. The second kappa shape index (κ2) is 10.1. The molecule has 1 saturated heterocycles. The molecule has 35 heavy (non-hydrogen) atoms. The van der Waals surface area contributed by atoms with Gasteiger partial charge in [-0.2, -0.15) is 0 Å². The van der Waals surface area contributed by atoms with E-state index < -0.39 is 0 Å². The number of ether oxygens (including phenoxy) is 3. The highest BCUT2D eigenvalue weighted by molar-refractivity contribution is 5.98. The molecule has 1 unspecified atom stereocenters. The van der Waals surface area contributed by atoms with Gasteiger partial charge in [-0.25, -0.2) is 9.97 Å². The zero-order valence-corrected chi connectivity index (χ0v) is 19.8. The largest absolute Gasteiger partial charge is 0.497 e. The number of nitrogens with zero attached hydrogens (tertiary/aromatic N) is 2. The molecule has 0 bridgehead atoms. The van der Waals surface area contributed by atoms with E-state index in [1.165, 1.54) is 0 Å². The van der Waals surface area contributed by atoms with Gasteiger partial charge in [0.05, 0.1) is 42.7 Å². The fourth-order valence-corrected chi connectivity index (χ4v) is 4.21. The lowest BCUT2D eigenvalue weighted by Crippen LogP contribution is -2.31. The zero-order chi connectivity index (χ0) is 24.2. The second-order valence-electron chi connectivity index (χ2n) is 8.43. The van der Waals surface area contributed by atoms with Crippen LogP contribution in [0.3, 0.4) is 0 Å². The van der Waals surface area contributed by atoms with Crippen molar-refractivity contribution in [2.24, 2.45) is 0 Å². The molecular formula is C28H27N3O4. The number of amides is 1. The average Bonchev–Trinajstić information content (AvgIpc) is 3.44. The van der Waals surface area contributed by atoms with Crippen molar-refractivity contribution in [2.75, 3.05) is 27.4 Å². The van der Waals surface area contributed by atoms with E-state index in [4.69, 9.17) is 24.2 Å². The number of rotatable bonds is 7. The number of methoxy groups -OCH3 is 2. The Morgan fingerprint density at radius 3 is 2.03 bits per heavy atom. The third kappa shape index (κ3) is 4.95. The highest BCUT2D eigenvalue weighted by Gasteiger charge is 2.18. The summed E-state index contributed by atoms with van der Waals surface area (Å²) in [6, 6.07) is 20.9. The molecule has 0 saturated carbocycles.